The monoisotopic (exact) mass is 313 g/mol. The summed E-state index contributed by atoms with van der Waals surface area (Å²) >= 11 is 0. The third-order valence-electron chi connectivity index (χ3n) is 0. The van der Waals surface area contributed by atoms with Crippen LogP contribution in [0.5, 0.6) is 0 Å². The van der Waals surface area contributed by atoms with Crippen LogP contribution in [0.1, 0.15) is 0 Å². The van der Waals surface area contributed by atoms with Gasteiger partial charge >= 0.3 is 0 Å². The average Bonchev–Trinajstić information content (AvgIpc) is 0. The molecule has 0 aromatic heterocycles. The quantitative estimate of drug-likeness (QED) is 0.480. The Hall–Kier alpha value is 2.53. The standard InChI is InChI=1S/Mo.Nb.H4Si.Zr/h;;1H4;. The molecule has 0 N–H and O–H groups in total. The van der Waals surface area contributed by atoms with Crippen molar-refractivity contribution in [3.8, 4) is 0 Å². The van der Waals surface area contributed by atoms with Crippen LogP contribution in [0.4, 0.5) is 0 Å². The molecule has 0 unspecified atom stereocenters. The Balaban J connectivity index is 0. The van der Waals surface area contributed by atoms with E-state index in [1.54, 1.807) is 0 Å². The summed E-state index contributed by atoms with van der Waals surface area (Å²) in [5.74, 6) is 0. The molecule has 0 bridgehead atoms. The Morgan fingerprint density at radius 3 is 1.00 bits per heavy atom. The summed E-state index contributed by atoms with van der Waals surface area (Å²) in [5, 5.41) is 0. The third kappa shape index (κ3) is 8.82. The maximum absolute atomic E-state index is 0. The molecule has 0 heterocycles. The fourth-order valence-electron chi connectivity index (χ4n) is 0. The van der Waals surface area contributed by atoms with Gasteiger partial charge in [0.15, 0.2) is 0 Å². The molecule has 0 nitrogen and oxygen atoms in total. The van der Waals surface area contributed by atoms with Crippen molar-refractivity contribution in [2.75, 3.05) is 0 Å². The second-order valence-corrected chi connectivity index (χ2v) is 0. The molecule has 4 heteroatoms. The summed E-state index contributed by atoms with van der Waals surface area (Å²) in [6, 6.07) is 0. The first-order valence-electron chi connectivity index (χ1n) is 0. The van der Waals surface area contributed by atoms with Crippen molar-refractivity contribution in [1.82, 2.24) is 0 Å². The van der Waals surface area contributed by atoms with Crippen LogP contribution in [0.15, 0.2) is 0 Å². The van der Waals surface area contributed by atoms with E-state index in [-0.39, 0.29) is 80.6 Å². The van der Waals surface area contributed by atoms with Crippen LogP contribution in [0.3, 0.4) is 0 Å². The van der Waals surface area contributed by atoms with Crippen LogP contribution in [-0.4, -0.2) is 11.0 Å². The minimum atomic E-state index is 0. The van der Waals surface area contributed by atoms with Gasteiger partial charge in [-0.15, -0.1) is 0 Å². The molecule has 0 spiro atoms. The van der Waals surface area contributed by atoms with Crippen molar-refractivity contribution < 1.29 is 69.6 Å². The molecular formula is H4MoNbSiZr. The van der Waals surface area contributed by atoms with E-state index in [1.165, 1.54) is 0 Å². The molecule has 0 aromatic carbocycles. The summed E-state index contributed by atoms with van der Waals surface area (Å²) in [7, 11) is 0. The first-order chi connectivity index (χ1) is 0. The second kappa shape index (κ2) is 17.7. The van der Waals surface area contributed by atoms with E-state index in [0.717, 1.165) is 0 Å². The minimum absolute atomic E-state index is 0. The van der Waals surface area contributed by atoms with E-state index in [2.05, 4.69) is 0 Å². The molecule has 0 rings (SSSR count). The molecule has 4 heavy (non-hydrogen) atoms. The minimum Gasteiger partial charge on any atom is -0.0149 e. The topological polar surface area (TPSA) is 0 Å². The Kier molecular flexibility index (Phi) is 138. The van der Waals surface area contributed by atoms with Gasteiger partial charge in [-0.1, -0.05) is 0 Å². The summed E-state index contributed by atoms with van der Waals surface area (Å²) < 4.78 is 0. The predicted octanol–water partition coefficient (Wildman–Crippen LogP) is -1.46. The first-order valence-corrected chi connectivity index (χ1v) is 0. The van der Waals surface area contributed by atoms with E-state index >= 15 is 0 Å². The zero-order chi connectivity index (χ0) is 0. The number of rotatable bonds is 0. The molecule has 0 aliphatic carbocycles. The van der Waals surface area contributed by atoms with Crippen LogP contribution >= 0.6 is 0 Å². The Labute approximate surface area is 79.4 Å². The van der Waals surface area contributed by atoms with Crippen molar-refractivity contribution in [2.24, 2.45) is 0 Å². The number of hydrogen-bond donors (Lipinski definition) is 0. The van der Waals surface area contributed by atoms with E-state index in [9.17, 15) is 0 Å². The molecule has 0 aliphatic heterocycles. The molecule has 0 aliphatic rings. The van der Waals surface area contributed by atoms with Crippen LogP contribution < -0.4 is 0 Å². The fraction of sp³-hybridized carbons (Fsp3) is 0. The zero-order valence-corrected chi connectivity index (χ0v) is 8.02. The van der Waals surface area contributed by atoms with Crippen LogP contribution in [0.2, 0.25) is 0 Å². The molecule has 0 atom stereocenters. The molecular weight excluding hydrogens is 308 g/mol. The summed E-state index contributed by atoms with van der Waals surface area (Å²) in [6.07, 6.45) is 0. The van der Waals surface area contributed by atoms with Crippen molar-refractivity contribution in [2.45, 2.75) is 0 Å². The van der Waals surface area contributed by atoms with Crippen molar-refractivity contribution >= 4 is 11.0 Å². The average molecular weight is 312 g/mol. The molecule has 1 radical (unpaired) electrons. The molecule has 0 amide bonds. The Bertz CT molecular complexity index is 8.00. The van der Waals surface area contributed by atoms with Gasteiger partial charge in [0, 0.05) is 69.6 Å². The van der Waals surface area contributed by atoms with Gasteiger partial charge in [-0.05, 0) is 11.0 Å². The second-order valence-electron chi connectivity index (χ2n) is 0. The molecule has 23 valence electrons. The number of hydrogen-bond acceptors (Lipinski definition) is 0. The van der Waals surface area contributed by atoms with Crippen molar-refractivity contribution in [3.05, 3.63) is 0 Å². The fourth-order valence-corrected chi connectivity index (χ4v) is 0. The Morgan fingerprint density at radius 1 is 1.00 bits per heavy atom. The largest absolute Gasteiger partial charge is 0.0149 e. The van der Waals surface area contributed by atoms with Gasteiger partial charge in [0.25, 0.3) is 0 Å². The van der Waals surface area contributed by atoms with Gasteiger partial charge in [-0.25, -0.2) is 0 Å². The van der Waals surface area contributed by atoms with E-state index in [0.29, 0.717) is 0 Å². The van der Waals surface area contributed by atoms with Crippen LogP contribution in [0, 0.1) is 0 Å². The molecule has 0 saturated carbocycles. The normalized spacial score (nSPS) is 0. The summed E-state index contributed by atoms with van der Waals surface area (Å²) in [4.78, 5) is 0. The van der Waals surface area contributed by atoms with Crippen molar-refractivity contribution in [1.29, 1.82) is 0 Å². The molecule has 0 aromatic rings. The van der Waals surface area contributed by atoms with Gasteiger partial charge < -0.3 is 0 Å². The first kappa shape index (κ1) is 31.2. The van der Waals surface area contributed by atoms with Gasteiger partial charge in [0.2, 0.25) is 0 Å². The zero-order valence-electron chi connectivity index (χ0n) is 1.36. The summed E-state index contributed by atoms with van der Waals surface area (Å²) in [5.41, 5.74) is 0. The Morgan fingerprint density at radius 2 is 1.00 bits per heavy atom. The molecule has 0 fully saturated rings. The van der Waals surface area contributed by atoms with Crippen LogP contribution in [-0.2, 0) is 69.6 Å². The van der Waals surface area contributed by atoms with Gasteiger partial charge in [0.05, 0.1) is 0 Å². The third-order valence-corrected chi connectivity index (χ3v) is 0. The maximum atomic E-state index is 0. The smallest absolute Gasteiger partial charge is 0 e. The SMILES string of the molecule is [Mo].[Nb].[SiH4].[Zr]. The maximum Gasteiger partial charge on any atom is 0 e. The summed E-state index contributed by atoms with van der Waals surface area (Å²) in [6.45, 7) is 0. The molecule has 0 saturated heterocycles. The van der Waals surface area contributed by atoms with Crippen molar-refractivity contribution in [3.63, 3.8) is 0 Å². The van der Waals surface area contributed by atoms with Crippen LogP contribution in [0.25, 0.3) is 0 Å². The predicted molar refractivity (Wildman–Crippen MR) is 11.3 cm³/mol. The van der Waals surface area contributed by atoms with Gasteiger partial charge in [-0.3, -0.25) is 0 Å². The van der Waals surface area contributed by atoms with Gasteiger partial charge in [0.1, 0.15) is 0 Å². The van der Waals surface area contributed by atoms with E-state index < -0.39 is 0 Å². The van der Waals surface area contributed by atoms with Gasteiger partial charge in [-0.2, -0.15) is 0 Å². The van der Waals surface area contributed by atoms with E-state index in [1.807, 2.05) is 0 Å². The van der Waals surface area contributed by atoms with E-state index in [4.69, 9.17) is 0 Å².